The zero-order valence-electron chi connectivity index (χ0n) is 11.0. The molecule has 0 saturated carbocycles. The fraction of sp³-hybridized carbons (Fsp3) is 0.462. The van der Waals surface area contributed by atoms with Crippen molar-refractivity contribution in [3.8, 4) is 0 Å². The van der Waals surface area contributed by atoms with Crippen molar-refractivity contribution in [1.82, 2.24) is 5.32 Å². The summed E-state index contributed by atoms with van der Waals surface area (Å²) in [6.07, 6.45) is 0.856. The van der Waals surface area contributed by atoms with Crippen LogP contribution in [0.25, 0.3) is 0 Å². The Morgan fingerprint density at radius 1 is 1.53 bits per heavy atom. The number of nitrogens with two attached hydrogens (primary N) is 1. The molecule has 108 valence electrons. The maximum atomic E-state index is 12.9. The van der Waals surface area contributed by atoms with Crippen LogP contribution in [0, 0.1) is 11.7 Å². The number of halogens is 3. The van der Waals surface area contributed by atoms with E-state index in [1.54, 1.807) is 6.07 Å². The van der Waals surface area contributed by atoms with Gasteiger partial charge in [0, 0.05) is 11.0 Å². The molecule has 0 heterocycles. The van der Waals surface area contributed by atoms with E-state index in [0.717, 1.165) is 12.0 Å². The summed E-state index contributed by atoms with van der Waals surface area (Å²) in [6, 6.07) is 3.86. The highest BCUT2D eigenvalue weighted by Crippen LogP contribution is 2.17. The zero-order chi connectivity index (χ0) is 13.7. The number of hydrogen-bond donors (Lipinski definition) is 2. The number of rotatable bonds is 5. The van der Waals surface area contributed by atoms with Crippen molar-refractivity contribution in [2.24, 2.45) is 11.7 Å². The molecule has 0 aromatic heterocycles. The SMILES string of the molecule is CCC(C)C(N)C(=O)NCc1ccc(F)cc1Br.Cl. The third-order valence-electron chi connectivity index (χ3n) is 3.03. The van der Waals surface area contributed by atoms with Gasteiger partial charge in [-0.05, 0) is 23.6 Å². The van der Waals surface area contributed by atoms with Crippen LogP contribution >= 0.6 is 28.3 Å². The van der Waals surface area contributed by atoms with Gasteiger partial charge in [0.05, 0.1) is 6.04 Å². The van der Waals surface area contributed by atoms with E-state index >= 15 is 0 Å². The smallest absolute Gasteiger partial charge is 0.237 e. The first-order chi connectivity index (χ1) is 8.45. The van der Waals surface area contributed by atoms with Gasteiger partial charge in [-0.1, -0.05) is 42.3 Å². The highest BCUT2D eigenvalue weighted by molar-refractivity contribution is 9.10. The molecule has 0 spiro atoms. The number of nitrogens with one attached hydrogen (secondary N) is 1. The summed E-state index contributed by atoms with van der Waals surface area (Å²) in [5, 5.41) is 2.76. The van der Waals surface area contributed by atoms with Gasteiger partial charge in [-0.15, -0.1) is 12.4 Å². The average molecular weight is 354 g/mol. The van der Waals surface area contributed by atoms with Crippen molar-refractivity contribution in [3.63, 3.8) is 0 Å². The lowest BCUT2D eigenvalue weighted by molar-refractivity contribution is -0.123. The van der Waals surface area contributed by atoms with Crippen molar-refractivity contribution in [2.45, 2.75) is 32.9 Å². The highest BCUT2D eigenvalue weighted by atomic mass is 79.9. The Kier molecular flexibility index (Phi) is 8.22. The number of benzene rings is 1. The molecule has 1 rings (SSSR count). The second kappa shape index (κ2) is 8.51. The highest BCUT2D eigenvalue weighted by Gasteiger charge is 2.19. The molecular weight excluding hydrogens is 335 g/mol. The average Bonchev–Trinajstić information content (AvgIpc) is 2.35. The minimum atomic E-state index is -0.505. The molecule has 0 bridgehead atoms. The zero-order valence-corrected chi connectivity index (χ0v) is 13.4. The monoisotopic (exact) mass is 352 g/mol. The van der Waals surface area contributed by atoms with Gasteiger partial charge >= 0.3 is 0 Å². The Hall–Kier alpha value is -0.650. The Balaban J connectivity index is 0.00000324. The topological polar surface area (TPSA) is 55.1 Å². The van der Waals surface area contributed by atoms with Crippen LogP contribution in [0.3, 0.4) is 0 Å². The minimum Gasteiger partial charge on any atom is -0.351 e. The first-order valence-corrected chi connectivity index (χ1v) is 6.72. The standard InChI is InChI=1S/C13H18BrFN2O.ClH/c1-3-8(2)12(16)13(18)17-7-9-4-5-10(15)6-11(9)14;/h4-6,8,12H,3,7,16H2,1-2H3,(H,17,18);1H. The molecule has 2 atom stereocenters. The lowest BCUT2D eigenvalue weighted by Gasteiger charge is -2.18. The van der Waals surface area contributed by atoms with Gasteiger partial charge in [-0.25, -0.2) is 4.39 Å². The fourth-order valence-electron chi connectivity index (χ4n) is 1.48. The molecule has 1 aromatic carbocycles. The van der Waals surface area contributed by atoms with Crippen molar-refractivity contribution in [3.05, 3.63) is 34.1 Å². The fourth-order valence-corrected chi connectivity index (χ4v) is 1.97. The summed E-state index contributed by atoms with van der Waals surface area (Å²) in [6.45, 7) is 4.27. The van der Waals surface area contributed by atoms with Gasteiger partial charge < -0.3 is 11.1 Å². The van der Waals surface area contributed by atoms with E-state index in [1.807, 2.05) is 13.8 Å². The lowest BCUT2D eigenvalue weighted by Crippen LogP contribution is -2.44. The molecule has 1 amide bonds. The predicted octanol–water partition coefficient (Wildman–Crippen LogP) is 3.00. The van der Waals surface area contributed by atoms with Gasteiger partial charge in [-0.2, -0.15) is 0 Å². The van der Waals surface area contributed by atoms with E-state index in [-0.39, 0.29) is 30.0 Å². The summed E-state index contributed by atoms with van der Waals surface area (Å²) in [4.78, 5) is 11.8. The molecule has 0 fully saturated rings. The molecule has 1 aromatic rings. The van der Waals surface area contributed by atoms with Crippen LogP contribution in [0.4, 0.5) is 4.39 Å². The summed E-state index contributed by atoms with van der Waals surface area (Å²) in [5.41, 5.74) is 6.63. The molecule has 0 radical (unpaired) electrons. The number of carbonyl (C=O) groups excluding carboxylic acids is 1. The van der Waals surface area contributed by atoms with Gasteiger partial charge in [-0.3, -0.25) is 4.79 Å². The minimum absolute atomic E-state index is 0. The van der Waals surface area contributed by atoms with Gasteiger partial charge in [0.2, 0.25) is 5.91 Å². The largest absolute Gasteiger partial charge is 0.351 e. The molecule has 0 aliphatic rings. The van der Waals surface area contributed by atoms with Crippen LogP contribution in [0.2, 0.25) is 0 Å². The van der Waals surface area contributed by atoms with Crippen LogP contribution in [0.15, 0.2) is 22.7 Å². The van der Waals surface area contributed by atoms with E-state index in [4.69, 9.17) is 5.73 Å². The third-order valence-corrected chi connectivity index (χ3v) is 3.77. The van der Waals surface area contributed by atoms with Crippen LogP contribution in [-0.4, -0.2) is 11.9 Å². The molecule has 0 aliphatic carbocycles. The normalized spacial score (nSPS) is 13.3. The first kappa shape index (κ1) is 18.4. The Labute approximate surface area is 127 Å². The molecule has 0 saturated heterocycles. The third kappa shape index (κ3) is 5.47. The Morgan fingerprint density at radius 3 is 2.68 bits per heavy atom. The van der Waals surface area contributed by atoms with Crippen molar-refractivity contribution in [1.29, 1.82) is 0 Å². The van der Waals surface area contributed by atoms with Crippen LogP contribution in [0.5, 0.6) is 0 Å². The lowest BCUT2D eigenvalue weighted by atomic mass is 9.99. The first-order valence-electron chi connectivity index (χ1n) is 5.93. The predicted molar refractivity (Wildman–Crippen MR) is 80.6 cm³/mol. The Morgan fingerprint density at radius 2 is 2.16 bits per heavy atom. The van der Waals surface area contributed by atoms with Crippen molar-refractivity contribution >= 4 is 34.2 Å². The molecule has 3 N–H and O–H groups in total. The molecule has 19 heavy (non-hydrogen) atoms. The van der Waals surface area contributed by atoms with Gasteiger partial charge in [0.1, 0.15) is 5.82 Å². The molecule has 0 aliphatic heterocycles. The quantitative estimate of drug-likeness (QED) is 0.855. The second-order valence-electron chi connectivity index (χ2n) is 4.36. The van der Waals surface area contributed by atoms with Crippen molar-refractivity contribution in [2.75, 3.05) is 0 Å². The molecule has 2 unspecified atom stereocenters. The number of hydrogen-bond acceptors (Lipinski definition) is 2. The second-order valence-corrected chi connectivity index (χ2v) is 5.22. The van der Waals surface area contributed by atoms with E-state index in [9.17, 15) is 9.18 Å². The van der Waals surface area contributed by atoms with Crippen LogP contribution in [-0.2, 0) is 11.3 Å². The van der Waals surface area contributed by atoms with Gasteiger partial charge in [0.15, 0.2) is 0 Å². The van der Waals surface area contributed by atoms with E-state index in [1.165, 1.54) is 12.1 Å². The summed E-state index contributed by atoms with van der Waals surface area (Å²) in [7, 11) is 0. The van der Waals surface area contributed by atoms with Gasteiger partial charge in [0.25, 0.3) is 0 Å². The number of amides is 1. The summed E-state index contributed by atoms with van der Waals surface area (Å²) in [5.74, 6) is -0.351. The maximum absolute atomic E-state index is 12.9. The molecule has 3 nitrogen and oxygen atoms in total. The van der Waals surface area contributed by atoms with Crippen molar-refractivity contribution < 1.29 is 9.18 Å². The van der Waals surface area contributed by atoms with E-state index in [0.29, 0.717) is 11.0 Å². The molecule has 6 heteroatoms. The maximum Gasteiger partial charge on any atom is 0.237 e. The van der Waals surface area contributed by atoms with Crippen LogP contribution in [0.1, 0.15) is 25.8 Å². The van der Waals surface area contributed by atoms with E-state index in [2.05, 4.69) is 21.2 Å². The van der Waals surface area contributed by atoms with E-state index < -0.39 is 6.04 Å². The molecular formula is C13H19BrClFN2O. The van der Waals surface area contributed by atoms with Crippen LogP contribution < -0.4 is 11.1 Å². The number of carbonyl (C=O) groups is 1. The summed E-state index contributed by atoms with van der Waals surface area (Å²) < 4.78 is 13.5. The summed E-state index contributed by atoms with van der Waals surface area (Å²) >= 11 is 3.25. The Bertz CT molecular complexity index is 431.